The van der Waals surface area contributed by atoms with E-state index in [1.165, 1.54) is 17.5 Å². The van der Waals surface area contributed by atoms with E-state index in [9.17, 15) is 8.42 Å². The van der Waals surface area contributed by atoms with E-state index in [-0.39, 0.29) is 17.4 Å². The van der Waals surface area contributed by atoms with Crippen LogP contribution in [0.5, 0.6) is 0 Å². The Kier molecular flexibility index (Phi) is 5.76. The minimum atomic E-state index is -3.64. The summed E-state index contributed by atoms with van der Waals surface area (Å²) in [6.45, 7) is 5.60. The van der Waals surface area contributed by atoms with E-state index in [1.807, 2.05) is 26.8 Å². The van der Waals surface area contributed by atoms with Gasteiger partial charge in [0.1, 0.15) is 0 Å². The molecule has 3 rings (SSSR count). The SMILES string of the molecule is CC(C)(C)NS(=O)(=O)c1ccccc1CN=C(N)Nc1ccc2c(c1)CCC2. The van der Waals surface area contributed by atoms with Crippen LogP contribution in [0.15, 0.2) is 52.4 Å². The highest BCUT2D eigenvalue weighted by molar-refractivity contribution is 7.89. The molecule has 4 N–H and O–H groups in total. The Balaban J connectivity index is 1.75. The average molecular weight is 401 g/mol. The summed E-state index contributed by atoms with van der Waals surface area (Å²) in [6.07, 6.45) is 3.41. The summed E-state index contributed by atoms with van der Waals surface area (Å²) < 4.78 is 28.1. The van der Waals surface area contributed by atoms with Crippen LogP contribution in [0.2, 0.25) is 0 Å². The third-order valence-corrected chi connectivity index (χ3v) is 6.35. The van der Waals surface area contributed by atoms with Crippen LogP contribution in [0.4, 0.5) is 5.69 Å². The van der Waals surface area contributed by atoms with Gasteiger partial charge in [-0.05, 0) is 74.9 Å². The molecular formula is C21H28N4O2S. The molecule has 2 aromatic carbocycles. The first-order valence-corrected chi connectivity index (χ1v) is 10.9. The van der Waals surface area contributed by atoms with Crippen molar-refractivity contribution in [3.8, 4) is 0 Å². The van der Waals surface area contributed by atoms with Crippen molar-refractivity contribution in [3.05, 3.63) is 59.2 Å². The second-order valence-electron chi connectivity index (χ2n) is 8.13. The molecule has 150 valence electrons. The Morgan fingerprint density at radius 2 is 1.82 bits per heavy atom. The highest BCUT2D eigenvalue weighted by atomic mass is 32.2. The number of anilines is 1. The van der Waals surface area contributed by atoms with Crippen molar-refractivity contribution >= 4 is 21.7 Å². The fourth-order valence-corrected chi connectivity index (χ4v) is 5.01. The van der Waals surface area contributed by atoms with Gasteiger partial charge in [0.25, 0.3) is 0 Å². The second-order valence-corrected chi connectivity index (χ2v) is 9.78. The average Bonchev–Trinajstić information content (AvgIpc) is 3.06. The number of rotatable bonds is 5. The Morgan fingerprint density at radius 1 is 1.11 bits per heavy atom. The minimum Gasteiger partial charge on any atom is -0.370 e. The van der Waals surface area contributed by atoms with Crippen molar-refractivity contribution in [2.75, 3.05) is 5.32 Å². The summed E-state index contributed by atoms with van der Waals surface area (Å²) in [4.78, 5) is 4.57. The van der Waals surface area contributed by atoms with Crippen LogP contribution in [-0.4, -0.2) is 19.9 Å². The first-order valence-electron chi connectivity index (χ1n) is 9.45. The van der Waals surface area contributed by atoms with Crippen molar-refractivity contribution in [2.24, 2.45) is 10.7 Å². The van der Waals surface area contributed by atoms with E-state index >= 15 is 0 Å². The van der Waals surface area contributed by atoms with Gasteiger partial charge in [-0.1, -0.05) is 24.3 Å². The van der Waals surface area contributed by atoms with Gasteiger partial charge in [0.2, 0.25) is 10.0 Å². The number of hydrogen-bond donors (Lipinski definition) is 3. The number of guanidine groups is 1. The van der Waals surface area contributed by atoms with Crippen LogP contribution in [0.1, 0.15) is 43.9 Å². The molecule has 0 atom stereocenters. The molecule has 0 bridgehead atoms. The van der Waals surface area contributed by atoms with Crippen LogP contribution >= 0.6 is 0 Å². The molecule has 0 amide bonds. The van der Waals surface area contributed by atoms with Crippen molar-refractivity contribution in [1.82, 2.24) is 4.72 Å². The highest BCUT2D eigenvalue weighted by Gasteiger charge is 2.24. The van der Waals surface area contributed by atoms with Crippen LogP contribution in [0, 0.1) is 0 Å². The molecule has 7 heteroatoms. The summed E-state index contributed by atoms with van der Waals surface area (Å²) >= 11 is 0. The second kappa shape index (κ2) is 7.93. The smallest absolute Gasteiger partial charge is 0.241 e. The number of nitrogens with two attached hydrogens (primary N) is 1. The molecule has 2 aromatic rings. The maximum Gasteiger partial charge on any atom is 0.241 e. The maximum atomic E-state index is 12.7. The van der Waals surface area contributed by atoms with Crippen molar-refractivity contribution in [3.63, 3.8) is 0 Å². The zero-order valence-electron chi connectivity index (χ0n) is 16.6. The van der Waals surface area contributed by atoms with E-state index in [2.05, 4.69) is 27.2 Å². The van der Waals surface area contributed by atoms with Crippen LogP contribution < -0.4 is 15.8 Å². The lowest BCUT2D eigenvalue weighted by Gasteiger charge is -2.21. The molecule has 0 spiro atoms. The minimum absolute atomic E-state index is 0.172. The predicted molar refractivity (Wildman–Crippen MR) is 114 cm³/mol. The van der Waals surface area contributed by atoms with Gasteiger partial charge < -0.3 is 11.1 Å². The molecule has 0 fully saturated rings. The number of nitrogens with one attached hydrogen (secondary N) is 2. The molecular weight excluding hydrogens is 372 g/mol. The number of aryl methyl sites for hydroxylation is 2. The molecule has 28 heavy (non-hydrogen) atoms. The van der Waals surface area contributed by atoms with Gasteiger partial charge in [-0.25, -0.2) is 18.1 Å². The van der Waals surface area contributed by atoms with Gasteiger partial charge >= 0.3 is 0 Å². The van der Waals surface area contributed by atoms with Gasteiger partial charge in [-0.2, -0.15) is 0 Å². The summed E-state index contributed by atoms with van der Waals surface area (Å²) in [6, 6.07) is 13.1. The largest absolute Gasteiger partial charge is 0.370 e. The molecule has 0 unspecified atom stereocenters. The number of sulfonamides is 1. The third kappa shape index (κ3) is 5.11. The van der Waals surface area contributed by atoms with Crippen LogP contribution in [0.25, 0.3) is 0 Å². The first-order chi connectivity index (χ1) is 13.1. The highest BCUT2D eigenvalue weighted by Crippen LogP contribution is 2.25. The van der Waals surface area contributed by atoms with Gasteiger partial charge in [0, 0.05) is 11.2 Å². The van der Waals surface area contributed by atoms with Crippen molar-refractivity contribution < 1.29 is 8.42 Å². The Morgan fingerprint density at radius 3 is 2.57 bits per heavy atom. The first kappa shape index (κ1) is 20.4. The molecule has 0 aromatic heterocycles. The summed E-state index contributed by atoms with van der Waals surface area (Å²) in [7, 11) is -3.64. The number of benzene rings is 2. The fourth-order valence-electron chi connectivity index (χ4n) is 3.36. The monoisotopic (exact) mass is 400 g/mol. The third-order valence-electron chi connectivity index (χ3n) is 4.49. The van der Waals surface area contributed by atoms with Gasteiger partial charge in [0.15, 0.2) is 5.96 Å². The number of hydrogen-bond acceptors (Lipinski definition) is 3. The number of fused-ring (bicyclic) bond motifs is 1. The summed E-state index contributed by atoms with van der Waals surface area (Å²) in [5.74, 6) is 0.258. The molecule has 0 heterocycles. The van der Waals surface area contributed by atoms with E-state index in [0.717, 1.165) is 18.5 Å². The molecule has 6 nitrogen and oxygen atoms in total. The molecule has 1 aliphatic rings. The molecule has 0 saturated carbocycles. The van der Waals surface area contributed by atoms with Crippen LogP contribution in [-0.2, 0) is 29.4 Å². The quantitative estimate of drug-likeness (QED) is 0.530. The Hall–Kier alpha value is -2.38. The van der Waals surface area contributed by atoms with Crippen molar-refractivity contribution in [2.45, 2.75) is 57.0 Å². The molecule has 0 aliphatic heterocycles. The predicted octanol–water partition coefficient (Wildman–Crippen LogP) is 3.18. The van der Waals surface area contributed by atoms with Gasteiger partial charge in [-0.3, -0.25) is 0 Å². The molecule has 1 aliphatic carbocycles. The van der Waals surface area contributed by atoms with E-state index in [0.29, 0.717) is 5.56 Å². The molecule has 0 saturated heterocycles. The topological polar surface area (TPSA) is 96.6 Å². The maximum absolute atomic E-state index is 12.7. The zero-order valence-corrected chi connectivity index (χ0v) is 17.4. The van der Waals surface area contributed by atoms with Crippen LogP contribution in [0.3, 0.4) is 0 Å². The lowest BCUT2D eigenvalue weighted by molar-refractivity contribution is 0.491. The van der Waals surface area contributed by atoms with E-state index < -0.39 is 15.6 Å². The Labute approximate surface area is 167 Å². The number of nitrogens with zero attached hydrogens (tertiary/aromatic N) is 1. The zero-order chi connectivity index (χ0) is 20.4. The standard InChI is InChI=1S/C21H28N4O2S/c1-21(2,3)25-28(26,27)19-10-5-4-7-17(19)14-23-20(22)24-18-12-11-15-8-6-9-16(15)13-18/h4-5,7,10-13,25H,6,8-9,14H2,1-3H3,(H3,22,23,24). The van der Waals surface area contributed by atoms with E-state index in [4.69, 9.17) is 5.73 Å². The van der Waals surface area contributed by atoms with E-state index in [1.54, 1.807) is 24.3 Å². The number of aliphatic imine (C=N–C) groups is 1. The van der Waals surface area contributed by atoms with Gasteiger partial charge in [0.05, 0.1) is 11.4 Å². The fraction of sp³-hybridized carbons (Fsp3) is 0.381. The normalized spacial score (nSPS) is 14.8. The summed E-state index contributed by atoms with van der Waals surface area (Å²) in [5.41, 5.74) is 9.71. The lowest BCUT2D eigenvalue weighted by Crippen LogP contribution is -2.40. The Bertz CT molecular complexity index is 992. The summed E-state index contributed by atoms with van der Waals surface area (Å²) in [5, 5.41) is 3.10. The lowest BCUT2D eigenvalue weighted by atomic mass is 10.1. The van der Waals surface area contributed by atoms with Gasteiger partial charge in [-0.15, -0.1) is 0 Å². The molecule has 0 radical (unpaired) electrons. The van der Waals surface area contributed by atoms with Crippen molar-refractivity contribution in [1.29, 1.82) is 0 Å².